The Morgan fingerprint density at radius 3 is 1.97 bits per heavy atom. The number of nitrogens with zero attached hydrogens (tertiary/aromatic N) is 1. The Labute approximate surface area is 212 Å². The Kier molecular flexibility index (Phi) is 6.65. The first kappa shape index (κ1) is 24.2. The van der Waals surface area contributed by atoms with Crippen molar-refractivity contribution in [1.82, 2.24) is 0 Å². The minimum absolute atomic E-state index is 0.102. The number of piperidine rings is 3. The lowest BCUT2D eigenvalue weighted by Gasteiger charge is -2.52. The maximum atomic E-state index is 13.8. The summed E-state index contributed by atoms with van der Waals surface area (Å²) in [6, 6.07) is 26.1. The van der Waals surface area contributed by atoms with Gasteiger partial charge in [-0.05, 0) is 35.4 Å². The fourth-order valence-corrected chi connectivity index (χ4v) is 5.78. The molecule has 0 unspecified atom stereocenters. The zero-order valence-corrected chi connectivity index (χ0v) is 20.6. The molecule has 0 amide bonds. The van der Waals surface area contributed by atoms with E-state index < -0.39 is 11.5 Å². The molecule has 3 aromatic carbocycles. The maximum Gasteiger partial charge on any atom is 0.335 e. The topological polar surface area (TPSA) is 78.6 Å². The van der Waals surface area contributed by atoms with Gasteiger partial charge in [0, 0.05) is 24.3 Å². The minimum atomic E-state index is -1.40. The fourth-order valence-electron chi connectivity index (χ4n) is 5.78. The molecular formula is C30H33N2O4+. The molecule has 3 aliphatic rings. The molecule has 186 valence electrons. The van der Waals surface area contributed by atoms with Crippen LogP contribution in [0.15, 0.2) is 84.9 Å². The zero-order valence-electron chi connectivity index (χ0n) is 20.6. The number of Topliss-reactive ketones (excluding diaryl/α,β-unsaturated/α-hetero) is 1. The van der Waals surface area contributed by atoms with Crippen molar-refractivity contribution < 1.29 is 23.5 Å². The highest BCUT2D eigenvalue weighted by Crippen LogP contribution is 2.38. The van der Waals surface area contributed by atoms with Crippen molar-refractivity contribution >= 4 is 11.8 Å². The van der Waals surface area contributed by atoms with Gasteiger partial charge in [0.1, 0.15) is 18.8 Å². The molecule has 2 N–H and O–H groups in total. The van der Waals surface area contributed by atoms with Crippen molar-refractivity contribution in [3.63, 3.8) is 0 Å². The SMILES string of the molecule is COc1ccc(C(=O)C[N+]23CCC(CC2)[C@@H](OC(=O)C(N)(c2ccccc2)c2ccccc2)C3)cc1. The van der Waals surface area contributed by atoms with Gasteiger partial charge in [-0.25, -0.2) is 4.79 Å². The lowest BCUT2D eigenvalue weighted by molar-refractivity contribution is -0.938. The average Bonchev–Trinajstić information content (AvgIpc) is 2.94. The van der Waals surface area contributed by atoms with Crippen LogP contribution < -0.4 is 10.5 Å². The van der Waals surface area contributed by atoms with Crippen molar-refractivity contribution in [3.8, 4) is 5.75 Å². The van der Waals surface area contributed by atoms with E-state index in [1.165, 1.54) is 0 Å². The lowest BCUT2D eigenvalue weighted by Crippen LogP contribution is -2.66. The number of ketones is 1. The van der Waals surface area contributed by atoms with Gasteiger partial charge in [0.25, 0.3) is 0 Å². The number of quaternary nitrogens is 1. The molecule has 6 rings (SSSR count). The second-order valence-electron chi connectivity index (χ2n) is 10.1. The summed E-state index contributed by atoms with van der Waals surface area (Å²) in [5, 5.41) is 0. The third kappa shape index (κ3) is 4.54. The van der Waals surface area contributed by atoms with Crippen LogP contribution in [0.3, 0.4) is 0 Å². The summed E-state index contributed by atoms with van der Waals surface area (Å²) in [5.74, 6) is 0.676. The monoisotopic (exact) mass is 485 g/mol. The molecule has 0 spiro atoms. The Bertz CT molecular complexity index is 1160. The molecule has 0 radical (unpaired) electrons. The summed E-state index contributed by atoms with van der Waals surface area (Å²) in [4.78, 5) is 27.0. The van der Waals surface area contributed by atoms with Gasteiger partial charge in [-0.3, -0.25) is 4.79 Å². The molecule has 3 aliphatic heterocycles. The summed E-state index contributed by atoms with van der Waals surface area (Å²) in [5.41, 5.74) is 7.53. The van der Waals surface area contributed by atoms with Gasteiger partial charge in [-0.15, -0.1) is 0 Å². The summed E-state index contributed by atoms with van der Waals surface area (Å²) < 4.78 is 12.1. The number of carbonyl (C=O) groups is 2. The number of hydrogen-bond acceptors (Lipinski definition) is 5. The molecule has 2 bridgehead atoms. The predicted octanol–water partition coefficient (Wildman–Crippen LogP) is 3.93. The van der Waals surface area contributed by atoms with E-state index in [1.54, 1.807) is 7.11 Å². The molecule has 1 atom stereocenters. The molecule has 36 heavy (non-hydrogen) atoms. The van der Waals surface area contributed by atoms with Crippen LogP contribution in [0.4, 0.5) is 0 Å². The Morgan fingerprint density at radius 1 is 0.889 bits per heavy atom. The van der Waals surface area contributed by atoms with Gasteiger partial charge in [0.2, 0.25) is 5.78 Å². The smallest absolute Gasteiger partial charge is 0.335 e. The molecule has 3 saturated heterocycles. The summed E-state index contributed by atoms with van der Waals surface area (Å²) in [6.45, 7) is 2.88. The number of fused-ring (bicyclic) bond motifs is 3. The summed E-state index contributed by atoms with van der Waals surface area (Å²) >= 11 is 0. The first-order valence-corrected chi connectivity index (χ1v) is 12.6. The van der Waals surface area contributed by atoms with E-state index in [-0.39, 0.29) is 11.9 Å². The third-order valence-electron chi connectivity index (χ3n) is 7.97. The zero-order chi connectivity index (χ0) is 25.2. The number of hydrogen-bond donors (Lipinski definition) is 1. The van der Waals surface area contributed by atoms with Gasteiger partial charge in [-0.2, -0.15) is 0 Å². The van der Waals surface area contributed by atoms with Gasteiger partial charge >= 0.3 is 5.97 Å². The summed E-state index contributed by atoms with van der Waals surface area (Å²) in [6.07, 6.45) is 1.60. The van der Waals surface area contributed by atoms with E-state index in [0.29, 0.717) is 40.2 Å². The van der Waals surface area contributed by atoms with Crippen LogP contribution in [0, 0.1) is 5.92 Å². The van der Waals surface area contributed by atoms with Gasteiger partial charge in [0.05, 0.1) is 20.2 Å². The fraction of sp³-hybridized carbons (Fsp3) is 0.333. The lowest BCUT2D eigenvalue weighted by atomic mass is 9.81. The maximum absolute atomic E-state index is 13.8. The number of ether oxygens (including phenoxy) is 2. The standard InChI is InChI=1S/C30H33N2O4/c1-35-26-14-12-22(13-15-26)27(33)20-32-18-16-23(17-19-32)28(21-32)36-29(34)30(31,24-8-4-2-5-9-24)25-10-6-3-7-11-25/h2-15,23,28H,16-21,31H2,1H3/q+1/t23?,28-,32?/m0/s1. The number of nitrogens with two attached hydrogens (primary N) is 1. The highest BCUT2D eigenvalue weighted by atomic mass is 16.5. The molecule has 3 fully saturated rings. The minimum Gasteiger partial charge on any atom is -0.497 e. The van der Waals surface area contributed by atoms with Crippen LogP contribution >= 0.6 is 0 Å². The van der Waals surface area contributed by atoms with Gasteiger partial charge in [-0.1, -0.05) is 60.7 Å². The molecule has 6 heteroatoms. The van der Waals surface area contributed by atoms with Crippen molar-refractivity contribution in [2.75, 3.05) is 33.3 Å². The van der Waals surface area contributed by atoms with Crippen LogP contribution in [-0.2, 0) is 15.1 Å². The van der Waals surface area contributed by atoms with E-state index in [2.05, 4.69) is 0 Å². The molecule has 0 aromatic heterocycles. The average molecular weight is 486 g/mol. The molecule has 3 aromatic rings. The Hall–Kier alpha value is -3.48. The number of carbonyl (C=O) groups excluding carboxylic acids is 2. The van der Waals surface area contributed by atoms with Crippen molar-refractivity contribution in [2.45, 2.75) is 24.5 Å². The normalized spacial score (nSPS) is 23.2. The quantitative estimate of drug-likeness (QED) is 0.297. The van der Waals surface area contributed by atoms with Crippen LogP contribution in [0.1, 0.15) is 34.3 Å². The largest absolute Gasteiger partial charge is 0.497 e. The first-order chi connectivity index (χ1) is 17.4. The Morgan fingerprint density at radius 2 is 1.44 bits per heavy atom. The van der Waals surface area contributed by atoms with E-state index in [0.717, 1.165) is 31.7 Å². The molecular weight excluding hydrogens is 452 g/mol. The molecule has 6 nitrogen and oxygen atoms in total. The highest BCUT2D eigenvalue weighted by Gasteiger charge is 2.50. The van der Waals surface area contributed by atoms with Crippen LogP contribution in [0.25, 0.3) is 0 Å². The number of benzene rings is 3. The number of esters is 1. The third-order valence-corrected chi connectivity index (χ3v) is 7.97. The van der Waals surface area contributed by atoms with E-state index >= 15 is 0 Å². The van der Waals surface area contributed by atoms with Crippen molar-refractivity contribution in [1.29, 1.82) is 0 Å². The van der Waals surface area contributed by atoms with E-state index in [4.69, 9.17) is 15.2 Å². The van der Waals surface area contributed by atoms with Gasteiger partial charge < -0.3 is 19.7 Å². The second-order valence-corrected chi connectivity index (χ2v) is 10.1. The van der Waals surface area contributed by atoms with E-state index in [9.17, 15) is 9.59 Å². The molecule has 0 saturated carbocycles. The highest BCUT2D eigenvalue weighted by molar-refractivity contribution is 5.97. The van der Waals surface area contributed by atoms with Crippen molar-refractivity contribution in [2.24, 2.45) is 11.7 Å². The van der Waals surface area contributed by atoms with Crippen LogP contribution in [-0.4, -0.2) is 55.6 Å². The first-order valence-electron chi connectivity index (χ1n) is 12.6. The van der Waals surface area contributed by atoms with Crippen LogP contribution in [0.5, 0.6) is 5.75 Å². The van der Waals surface area contributed by atoms with E-state index in [1.807, 2.05) is 84.9 Å². The van der Waals surface area contributed by atoms with Crippen molar-refractivity contribution in [3.05, 3.63) is 102 Å². The number of methoxy groups -OCH3 is 1. The summed E-state index contributed by atoms with van der Waals surface area (Å²) in [7, 11) is 1.61. The number of rotatable bonds is 8. The molecule has 3 heterocycles. The predicted molar refractivity (Wildman–Crippen MR) is 138 cm³/mol. The van der Waals surface area contributed by atoms with Crippen LogP contribution in [0.2, 0.25) is 0 Å². The van der Waals surface area contributed by atoms with Gasteiger partial charge in [0.15, 0.2) is 11.6 Å². The second kappa shape index (κ2) is 9.88. The Balaban J connectivity index is 1.35. The molecule has 0 aliphatic carbocycles.